The molecule has 2 aromatic heterocycles. The quantitative estimate of drug-likeness (QED) is 0.479. The van der Waals surface area contributed by atoms with Crippen molar-refractivity contribution in [1.82, 2.24) is 14.4 Å². The summed E-state index contributed by atoms with van der Waals surface area (Å²) in [5.74, 6) is 2.68. The maximum absolute atomic E-state index is 11.1. The molecular formula is C26H24N4O2. The van der Waals surface area contributed by atoms with E-state index in [2.05, 4.69) is 47.4 Å². The Morgan fingerprint density at radius 1 is 1.12 bits per heavy atom. The Kier molecular flexibility index (Phi) is 4.45. The number of anilines is 1. The van der Waals surface area contributed by atoms with E-state index in [4.69, 9.17) is 15.5 Å². The molecular weight excluding hydrogens is 400 g/mol. The highest BCUT2D eigenvalue weighted by atomic mass is 16.5. The number of aldehydes is 1. The first kappa shape index (κ1) is 19.0. The number of aromatic nitrogens is 3. The van der Waals surface area contributed by atoms with Gasteiger partial charge in [0.05, 0.1) is 0 Å². The van der Waals surface area contributed by atoms with Crippen LogP contribution in [0.3, 0.4) is 0 Å². The lowest BCUT2D eigenvalue weighted by Gasteiger charge is -2.30. The second-order valence-corrected chi connectivity index (χ2v) is 8.79. The van der Waals surface area contributed by atoms with Crippen molar-refractivity contribution in [1.29, 1.82) is 0 Å². The summed E-state index contributed by atoms with van der Waals surface area (Å²) in [6.45, 7) is 0. The zero-order valence-corrected chi connectivity index (χ0v) is 17.6. The number of benzene rings is 2. The number of nitrogens with zero attached hydrogens (tertiary/aromatic N) is 3. The molecule has 2 aliphatic rings. The predicted octanol–water partition coefficient (Wildman–Crippen LogP) is 4.74. The Bertz CT molecular complexity index is 1310. The van der Waals surface area contributed by atoms with E-state index >= 15 is 0 Å². The van der Waals surface area contributed by atoms with Gasteiger partial charge in [0.25, 0.3) is 0 Å². The van der Waals surface area contributed by atoms with Crippen LogP contribution in [-0.4, -0.2) is 20.7 Å². The van der Waals surface area contributed by atoms with Gasteiger partial charge in [-0.1, -0.05) is 42.5 Å². The van der Waals surface area contributed by atoms with Crippen LogP contribution in [0.4, 0.5) is 5.82 Å². The molecule has 2 N–H and O–H groups in total. The van der Waals surface area contributed by atoms with Crippen LogP contribution < -0.4 is 10.5 Å². The fourth-order valence-corrected chi connectivity index (χ4v) is 4.98. The number of aryl methyl sites for hydroxylation is 1. The molecule has 0 spiro atoms. The molecule has 0 unspecified atom stereocenters. The number of fused-ring (bicyclic) bond motifs is 2. The molecule has 0 radical (unpaired) electrons. The van der Waals surface area contributed by atoms with E-state index in [1.807, 2.05) is 16.7 Å². The SMILES string of the molecule is Nc1nccn2c1c(-c1ccc3c(c1)O[C@@H](c1ccccc1)CC3)nc2[C@H]1C[C@@H](C=O)C1. The average molecular weight is 425 g/mol. The normalized spacial score (nSPS) is 22.1. The first-order valence-electron chi connectivity index (χ1n) is 11.1. The van der Waals surface area contributed by atoms with Gasteiger partial charge in [0.1, 0.15) is 41.0 Å². The van der Waals surface area contributed by atoms with Gasteiger partial charge in [-0.25, -0.2) is 9.97 Å². The maximum atomic E-state index is 11.1. The van der Waals surface area contributed by atoms with E-state index in [0.717, 1.165) is 60.3 Å². The Balaban J connectivity index is 1.40. The minimum Gasteiger partial charge on any atom is -0.485 e. The van der Waals surface area contributed by atoms with Gasteiger partial charge in [0, 0.05) is 29.8 Å². The molecule has 0 bridgehead atoms. The van der Waals surface area contributed by atoms with Crippen molar-refractivity contribution >= 4 is 17.6 Å². The molecule has 1 aliphatic carbocycles. The van der Waals surface area contributed by atoms with E-state index in [9.17, 15) is 4.79 Å². The summed E-state index contributed by atoms with van der Waals surface area (Å²) in [6, 6.07) is 16.7. The van der Waals surface area contributed by atoms with Gasteiger partial charge in [-0.05, 0) is 42.9 Å². The van der Waals surface area contributed by atoms with E-state index in [1.54, 1.807) is 6.20 Å². The summed E-state index contributed by atoms with van der Waals surface area (Å²) < 4.78 is 8.46. The summed E-state index contributed by atoms with van der Waals surface area (Å²) >= 11 is 0. The lowest BCUT2D eigenvalue weighted by atomic mass is 9.75. The Labute approximate surface area is 186 Å². The number of carbonyl (C=O) groups is 1. The lowest BCUT2D eigenvalue weighted by Crippen LogP contribution is -2.24. The number of imidazole rings is 1. The third-order valence-corrected chi connectivity index (χ3v) is 6.80. The molecule has 160 valence electrons. The Morgan fingerprint density at radius 2 is 1.97 bits per heavy atom. The highest BCUT2D eigenvalue weighted by Gasteiger charge is 2.34. The van der Waals surface area contributed by atoms with Gasteiger partial charge < -0.3 is 15.3 Å². The molecule has 4 aromatic rings. The van der Waals surface area contributed by atoms with Gasteiger partial charge in [0.2, 0.25) is 0 Å². The highest BCUT2D eigenvalue weighted by Crippen LogP contribution is 2.43. The molecule has 1 aliphatic heterocycles. The number of hydrogen-bond donors (Lipinski definition) is 1. The summed E-state index contributed by atoms with van der Waals surface area (Å²) in [6.07, 6.45) is 8.31. The second-order valence-electron chi connectivity index (χ2n) is 8.79. The molecule has 6 rings (SSSR count). The van der Waals surface area contributed by atoms with Crippen LogP contribution >= 0.6 is 0 Å². The van der Waals surface area contributed by atoms with Crippen LogP contribution in [0.5, 0.6) is 5.75 Å². The van der Waals surface area contributed by atoms with Crippen molar-refractivity contribution in [3.63, 3.8) is 0 Å². The number of rotatable bonds is 4. The zero-order chi connectivity index (χ0) is 21.7. The smallest absolute Gasteiger partial charge is 0.150 e. The minimum atomic E-state index is 0.0511. The highest BCUT2D eigenvalue weighted by molar-refractivity contribution is 5.86. The third-order valence-electron chi connectivity index (χ3n) is 6.80. The van der Waals surface area contributed by atoms with Crippen LogP contribution in [0.25, 0.3) is 16.8 Å². The fourth-order valence-electron chi connectivity index (χ4n) is 4.98. The standard InChI is InChI=1S/C26H24N4O2/c27-25-24-23(29-26(30(24)11-10-28-25)20-12-16(13-20)15-31)19-7-6-18-8-9-21(32-22(18)14-19)17-4-2-1-3-5-17/h1-7,10-11,14-16,20-21H,8-9,12-13H2,(H2,27,28)/t16-,20+,21-/m1/s1. The van der Waals surface area contributed by atoms with Crippen LogP contribution in [-0.2, 0) is 11.2 Å². The number of hydrogen-bond acceptors (Lipinski definition) is 5. The fraction of sp³-hybridized carbons (Fsp3) is 0.269. The van der Waals surface area contributed by atoms with Gasteiger partial charge in [-0.2, -0.15) is 0 Å². The average Bonchev–Trinajstić information content (AvgIpc) is 3.19. The molecule has 1 saturated carbocycles. The molecule has 6 nitrogen and oxygen atoms in total. The molecule has 0 amide bonds. The number of nitrogen functional groups attached to an aromatic ring is 1. The van der Waals surface area contributed by atoms with Gasteiger partial charge >= 0.3 is 0 Å². The Hall–Kier alpha value is -3.67. The number of ether oxygens (including phenoxy) is 1. The maximum Gasteiger partial charge on any atom is 0.150 e. The molecule has 6 heteroatoms. The van der Waals surface area contributed by atoms with Crippen molar-refractivity contribution in [2.45, 2.75) is 37.7 Å². The van der Waals surface area contributed by atoms with Crippen LogP contribution in [0.1, 0.15) is 48.2 Å². The molecule has 1 fully saturated rings. The molecule has 2 aromatic carbocycles. The second kappa shape index (κ2) is 7.48. The minimum absolute atomic E-state index is 0.0511. The topological polar surface area (TPSA) is 82.5 Å². The molecule has 0 saturated heterocycles. The van der Waals surface area contributed by atoms with E-state index < -0.39 is 0 Å². The zero-order valence-electron chi connectivity index (χ0n) is 17.6. The molecule has 32 heavy (non-hydrogen) atoms. The van der Waals surface area contributed by atoms with Crippen molar-refractivity contribution in [3.8, 4) is 17.0 Å². The third kappa shape index (κ3) is 3.06. The summed E-state index contributed by atoms with van der Waals surface area (Å²) in [4.78, 5) is 20.4. The summed E-state index contributed by atoms with van der Waals surface area (Å²) in [5.41, 5.74) is 11.3. The van der Waals surface area contributed by atoms with Crippen molar-refractivity contribution in [3.05, 3.63) is 77.9 Å². The van der Waals surface area contributed by atoms with Crippen LogP contribution in [0, 0.1) is 5.92 Å². The van der Waals surface area contributed by atoms with E-state index in [-0.39, 0.29) is 17.9 Å². The van der Waals surface area contributed by atoms with E-state index in [0.29, 0.717) is 5.82 Å². The lowest BCUT2D eigenvalue weighted by molar-refractivity contribution is -0.113. The number of nitrogens with two attached hydrogens (primary N) is 1. The van der Waals surface area contributed by atoms with Crippen LogP contribution in [0.2, 0.25) is 0 Å². The van der Waals surface area contributed by atoms with Crippen molar-refractivity contribution in [2.24, 2.45) is 5.92 Å². The first-order chi connectivity index (χ1) is 15.7. The predicted molar refractivity (Wildman–Crippen MR) is 122 cm³/mol. The van der Waals surface area contributed by atoms with Gasteiger partial charge in [-0.3, -0.25) is 4.40 Å². The van der Waals surface area contributed by atoms with Crippen LogP contribution in [0.15, 0.2) is 60.9 Å². The van der Waals surface area contributed by atoms with Crippen molar-refractivity contribution in [2.75, 3.05) is 5.73 Å². The summed E-state index contributed by atoms with van der Waals surface area (Å²) in [5, 5.41) is 0. The van der Waals surface area contributed by atoms with Gasteiger partial charge in [0.15, 0.2) is 0 Å². The van der Waals surface area contributed by atoms with Crippen molar-refractivity contribution < 1.29 is 9.53 Å². The van der Waals surface area contributed by atoms with E-state index in [1.165, 1.54) is 11.1 Å². The summed E-state index contributed by atoms with van der Waals surface area (Å²) in [7, 11) is 0. The number of carbonyl (C=O) groups excluding carboxylic acids is 1. The molecule has 3 heterocycles. The molecule has 1 atom stereocenters. The Morgan fingerprint density at radius 3 is 2.78 bits per heavy atom. The largest absolute Gasteiger partial charge is 0.485 e. The van der Waals surface area contributed by atoms with Gasteiger partial charge in [-0.15, -0.1) is 0 Å². The monoisotopic (exact) mass is 424 g/mol. The first-order valence-corrected chi connectivity index (χ1v) is 11.1.